The van der Waals surface area contributed by atoms with Gasteiger partial charge in [-0.2, -0.15) is 5.26 Å². The summed E-state index contributed by atoms with van der Waals surface area (Å²) >= 11 is 0. The summed E-state index contributed by atoms with van der Waals surface area (Å²) in [5.41, 5.74) is 9.10. The van der Waals surface area contributed by atoms with E-state index < -0.39 is 0 Å². The third-order valence-corrected chi connectivity index (χ3v) is 4.88. The van der Waals surface area contributed by atoms with Crippen LogP contribution in [0.2, 0.25) is 0 Å². The highest BCUT2D eigenvalue weighted by molar-refractivity contribution is 6.10. The lowest BCUT2D eigenvalue weighted by Crippen LogP contribution is -2.35. The maximum Gasteiger partial charge on any atom is 0.254 e. The van der Waals surface area contributed by atoms with Crippen LogP contribution < -0.4 is 16.4 Å². The summed E-state index contributed by atoms with van der Waals surface area (Å²) in [6, 6.07) is 14.9. The number of hydrogen-bond acceptors (Lipinski definition) is 8. The van der Waals surface area contributed by atoms with Gasteiger partial charge in [-0.1, -0.05) is 30.3 Å². The van der Waals surface area contributed by atoms with E-state index in [4.69, 9.17) is 5.73 Å². The number of nitrogens with zero attached hydrogens (tertiary/aromatic N) is 5. The second-order valence-corrected chi connectivity index (χ2v) is 7.13. The largest absolute Gasteiger partial charge is 0.382 e. The molecule has 0 aliphatic heterocycles. The molecule has 4 N–H and O–H groups in total. The molecule has 0 fully saturated rings. The zero-order valence-corrected chi connectivity index (χ0v) is 17.3. The maximum absolute atomic E-state index is 13.3. The smallest absolute Gasteiger partial charge is 0.254 e. The Morgan fingerprint density at radius 3 is 2.72 bits per heavy atom. The van der Waals surface area contributed by atoms with E-state index in [1.165, 1.54) is 6.33 Å². The van der Waals surface area contributed by atoms with Crippen LogP contribution in [-0.4, -0.2) is 38.4 Å². The van der Waals surface area contributed by atoms with Crippen LogP contribution in [0.4, 0.5) is 11.6 Å². The van der Waals surface area contributed by atoms with Crippen LogP contribution in [0.25, 0.3) is 22.2 Å². The second-order valence-electron chi connectivity index (χ2n) is 7.13. The fourth-order valence-electron chi connectivity index (χ4n) is 3.32. The van der Waals surface area contributed by atoms with Crippen molar-refractivity contribution in [1.29, 1.82) is 5.26 Å². The van der Waals surface area contributed by atoms with Crippen molar-refractivity contribution in [2.24, 2.45) is 0 Å². The predicted octanol–water partition coefficient (Wildman–Crippen LogP) is 2.77. The molecule has 4 aromatic rings. The molecule has 9 heteroatoms. The Morgan fingerprint density at radius 2 is 1.94 bits per heavy atom. The van der Waals surface area contributed by atoms with Crippen molar-refractivity contribution >= 4 is 28.6 Å². The average Bonchev–Trinajstić information content (AvgIpc) is 2.82. The number of amides is 1. The van der Waals surface area contributed by atoms with Gasteiger partial charge in [-0.3, -0.25) is 14.8 Å². The number of nitriles is 1. The van der Waals surface area contributed by atoms with E-state index in [1.54, 1.807) is 18.5 Å². The van der Waals surface area contributed by atoms with Gasteiger partial charge >= 0.3 is 0 Å². The molecule has 3 aromatic heterocycles. The Labute approximate surface area is 184 Å². The van der Waals surface area contributed by atoms with E-state index in [0.717, 1.165) is 5.56 Å². The first kappa shape index (κ1) is 20.7. The van der Waals surface area contributed by atoms with Crippen LogP contribution in [0.1, 0.15) is 22.8 Å². The normalized spacial score (nSPS) is 11.5. The molecule has 4 rings (SSSR count). The highest BCUT2D eigenvalue weighted by Gasteiger charge is 2.19. The van der Waals surface area contributed by atoms with Gasteiger partial charge in [0.05, 0.1) is 11.1 Å². The quantitative estimate of drug-likeness (QED) is 0.429. The molecular formula is C23H20N8O. The highest BCUT2D eigenvalue weighted by atomic mass is 16.1. The molecule has 1 aromatic carbocycles. The number of carbonyl (C=O) groups excluding carboxylic acids is 1. The Kier molecular flexibility index (Phi) is 5.85. The van der Waals surface area contributed by atoms with Gasteiger partial charge in [0.15, 0.2) is 0 Å². The summed E-state index contributed by atoms with van der Waals surface area (Å²) in [6.45, 7) is 2.14. The van der Waals surface area contributed by atoms with Crippen molar-refractivity contribution in [3.8, 4) is 17.2 Å². The number of nitrogen functional groups attached to an aromatic ring is 1. The van der Waals surface area contributed by atoms with Crippen LogP contribution in [0.3, 0.4) is 0 Å². The van der Waals surface area contributed by atoms with Crippen molar-refractivity contribution in [2.45, 2.75) is 13.0 Å². The molecule has 0 aliphatic rings. The summed E-state index contributed by atoms with van der Waals surface area (Å²) in [5.74, 6) is 0.150. The molecule has 0 bridgehead atoms. The van der Waals surface area contributed by atoms with Gasteiger partial charge < -0.3 is 16.4 Å². The topological polar surface area (TPSA) is 142 Å². The van der Waals surface area contributed by atoms with Crippen LogP contribution in [0.5, 0.6) is 0 Å². The Balaban J connectivity index is 1.59. The van der Waals surface area contributed by atoms with Crippen molar-refractivity contribution in [1.82, 2.24) is 25.3 Å². The maximum atomic E-state index is 13.3. The van der Waals surface area contributed by atoms with E-state index in [0.29, 0.717) is 28.0 Å². The first-order valence-corrected chi connectivity index (χ1v) is 9.93. The third kappa shape index (κ3) is 4.15. The molecule has 1 atom stereocenters. The first-order chi connectivity index (χ1) is 15.6. The predicted molar refractivity (Wildman–Crippen MR) is 122 cm³/mol. The minimum Gasteiger partial charge on any atom is -0.382 e. The van der Waals surface area contributed by atoms with Gasteiger partial charge in [0, 0.05) is 30.5 Å². The number of pyridine rings is 2. The fourth-order valence-corrected chi connectivity index (χ4v) is 3.32. The lowest BCUT2D eigenvalue weighted by Gasteiger charge is -2.17. The third-order valence-electron chi connectivity index (χ3n) is 4.88. The number of benzene rings is 1. The molecule has 0 saturated heterocycles. The molecule has 32 heavy (non-hydrogen) atoms. The number of hydrogen-bond donors (Lipinski definition) is 3. The van der Waals surface area contributed by atoms with E-state index in [9.17, 15) is 10.1 Å². The number of aromatic nitrogens is 4. The molecular weight excluding hydrogens is 404 g/mol. The van der Waals surface area contributed by atoms with Gasteiger partial charge in [0.1, 0.15) is 35.1 Å². The molecule has 0 saturated carbocycles. The number of nitrogens with one attached hydrogen (secondary N) is 2. The molecule has 3 heterocycles. The molecule has 0 spiro atoms. The number of rotatable bonds is 6. The zero-order valence-electron chi connectivity index (χ0n) is 17.3. The van der Waals surface area contributed by atoms with Gasteiger partial charge in [-0.25, -0.2) is 9.97 Å². The van der Waals surface area contributed by atoms with Crippen LogP contribution in [-0.2, 0) is 0 Å². The van der Waals surface area contributed by atoms with Crippen molar-refractivity contribution < 1.29 is 4.79 Å². The van der Waals surface area contributed by atoms with Gasteiger partial charge in [0.2, 0.25) is 0 Å². The van der Waals surface area contributed by atoms with Gasteiger partial charge in [-0.05, 0) is 24.6 Å². The minimum atomic E-state index is -0.272. The Morgan fingerprint density at radius 1 is 1.12 bits per heavy atom. The molecule has 0 aliphatic carbocycles. The van der Waals surface area contributed by atoms with Crippen molar-refractivity contribution in [3.63, 3.8) is 0 Å². The first-order valence-electron chi connectivity index (χ1n) is 9.93. The average molecular weight is 424 g/mol. The molecule has 0 radical (unpaired) electrons. The number of fused-ring (bicyclic) bond motifs is 1. The van der Waals surface area contributed by atoms with E-state index in [1.807, 2.05) is 49.4 Å². The molecule has 1 amide bonds. The van der Waals surface area contributed by atoms with Crippen LogP contribution >= 0.6 is 0 Å². The lowest BCUT2D eigenvalue weighted by molar-refractivity contribution is 0.0954. The second kappa shape index (κ2) is 9.06. The monoisotopic (exact) mass is 424 g/mol. The van der Waals surface area contributed by atoms with Gasteiger partial charge in [0.25, 0.3) is 5.91 Å². The van der Waals surface area contributed by atoms with Crippen molar-refractivity contribution in [2.75, 3.05) is 17.6 Å². The van der Waals surface area contributed by atoms with E-state index >= 15 is 0 Å². The molecule has 0 unspecified atom stereocenters. The highest BCUT2D eigenvalue weighted by Crippen LogP contribution is 2.27. The molecule has 158 valence electrons. The van der Waals surface area contributed by atoms with E-state index in [2.05, 4.69) is 30.6 Å². The summed E-state index contributed by atoms with van der Waals surface area (Å²) in [7, 11) is 0. The van der Waals surface area contributed by atoms with Crippen LogP contribution in [0.15, 0.2) is 61.2 Å². The summed E-state index contributed by atoms with van der Waals surface area (Å²) in [5, 5.41) is 15.3. The lowest BCUT2D eigenvalue weighted by atomic mass is 9.99. The SMILES string of the molecule is C[C@@H](CNC(=O)c1c(-c2ccccc2)cnc2cccnc12)Nc1ncnc(N)c1C#N. The standard InChI is InChI=1S/C23H20N8O/c1-14(31-22-16(10-24)21(25)29-13-30-22)11-28-23(32)19-17(15-6-3-2-4-7-15)12-27-18-8-5-9-26-20(18)19/h2-9,12-14H,11H2,1H3,(H,28,32)(H3,25,29,30,31)/t14-/m0/s1. The summed E-state index contributed by atoms with van der Waals surface area (Å²) < 4.78 is 0. The number of anilines is 2. The Hall–Kier alpha value is -4.58. The minimum absolute atomic E-state index is 0.100. The van der Waals surface area contributed by atoms with Crippen molar-refractivity contribution in [3.05, 3.63) is 72.3 Å². The van der Waals surface area contributed by atoms with Gasteiger partial charge in [-0.15, -0.1) is 0 Å². The Bertz CT molecular complexity index is 1320. The number of carbonyl (C=O) groups is 1. The fraction of sp³-hybridized carbons (Fsp3) is 0.130. The molecule has 9 nitrogen and oxygen atoms in total. The number of nitrogens with two attached hydrogens (primary N) is 1. The van der Waals surface area contributed by atoms with Crippen LogP contribution in [0, 0.1) is 11.3 Å². The summed E-state index contributed by atoms with van der Waals surface area (Å²) in [4.78, 5) is 30.1. The summed E-state index contributed by atoms with van der Waals surface area (Å²) in [6.07, 6.45) is 4.62. The van der Waals surface area contributed by atoms with E-state index in [-0.39, 0.29) is 29.9 Å². The zero-order chi connectivity index (χ0) is 22.5.